The quantitative estimate of drug-likeness (QED) is 0.738. The van der Waals surface area contributed by atoms with Crippen molar-refractivity contribution in [2.45, 2.75) is 13.8 Å². The highest BCUT2D eigenvalue weighted by molar-refractivity contribution is 5.73. The number of hydrogen-bond donors (Lipinski definition) is 2. The van der Waals surface area contributed by atoms with Gasteiger partial charge in [-0.15, -0.1) is 0 Å². The van der Waals surface area contributed by atoms with Gasteiger partial charge < -0.3 is 10.6 Å². The lowest BCUT2D eigenvalue weighted by Crippen LogP contribution is -1.98. The molecule has 0 bridgehead atoms. The van der Waals surface area contributed by atoms with Crippen molar-refractivity contribution in [3.8, 4) is 0 Å². The maximum absolute atomic E-state index is 4.04. The Kier molecular flexibility index (Phi) is 4.01. The Hall–Kier alpha value is -2.88. The monoisotopic (exact) mass is 290 g/mol. The largest absolute Gasteiger partial charge is 0.355 e. The molecule has 0 aliphatic carbocycles. The number of hydrogen-bond acceptors (Lipinski definition) is 4. The van der Waals surface area contributed by atoms with E-state index in [1.165, 1.54) is 11.1 Å². The second-order valence-electron chi connectivity index (χ2n) is 5.20. The van der Waals surface area contributed by atoms with Gasteiger partial charge in [-0.3, -0.25) is 9.97 Å². The van der Waals surface area contributed by atoms with Crippen molar-refractivity contribution in [2.75, 3.05) is 10.6 Å². The summed E-state index contributed by atoms with van der Waals surface area (Å²) in [5, 5.41) is 6.87. The van der Waals surface area contributed by atoms with Crippen molar-refractivity contribution in [1.82, 2.24) is 9.97 Å². The second kappa shape index (κ2) is 6.26. The fourth-order valence-electron chi connectivity index (χ4n) is 2.30. The van der Waals surface area contributed by atoms with Gasteiger partial charge >= 0.3 is 0 Å². The Morgan fingerprint density at radius 1 is 0.636 bits per heavy atom. The lowest BCUT2D eigenvalue weighted by molar-refractivity contribution is 1.30. The van der Waals surface area contributed by atoms with Gasteiger partial charge in [0.05, 0.1) is 0 Å². The summed E-state index contributed by atoms with van der Waals surface area (Å²) in [6.07, 6.45) is 7.12. The van der Waals surface area contributed by atoms with E-state index in [1.807, 2.05) is 24.3 Å². The number of aryl methyl sites for hydroxylation is 2. The molecule has 0 aliphatic rings. The molecule has 0 aliphatic heterocycles. The van der Waals surface area contributed by atoms with Gasteiger partial charge in [0, 0.05) is 47.5 Å². The number of nitrogens with zero attached hydrogens (tertiary/aromatic N) is 2. The molecule has 0 atom stereocenters. The predicted molar refractivity (Wildman–Crippen MR) is 91.0 cm³/mol. The third-order valence-electron chi connectivity index (χ3n) is 3.49. The van der Waals surface area contributed by atoms with Gasteiger partial charge in [0.2, 0.25) is 0 Å². The van der Waals surface area contributed by atoms with Crippen molar-refractivity contribution in [3.05, 3.63) is 72.3 Å². The molecule has 4 nitrogen and oxygen atoms in total. The Balaban J connectivity index is 1.90. The summed E-state index contributed by atoms with van der Waals surface area (Å²) in [5.74, 6) is 0. The minimum Gasteiger partial charge on any atom is -0.355 e. The first-order valence-electron chi connectivity index (χ1n) is 7.18. The van der Waals surface area contributed by atoms with Crippen LogP contribution in [0, 0.1) is 13.8 Å². The smallest absolute Gasteiger partial charge is 0.0434 e. The summed E-state index contributed by atoms with van der Waals surface area (Å²) in [5.41, 5.74) is 6.61. The van der Waals surface area contributed by atoms with Crippen molar-refractivity contribution >= 4 is 22.7 Å². The maximum atomic E-state index is 4.04. The fraction of sp³-hybridized carbons (Fsp3) is 0.111. The van der Waals surface area contributed by atoms with E-state index in [9.17, 15) is 0 Å². The maximum Gasteiger partial charge on any atom is 0.0434 e. The summed E-state index contributed by atoms with van der Waals surface area (Å²) in [6.45, 7) is 4.21. The molecule has 0 amide bonds. The van der Waals surface area contributed by atoms with Crippen LogP contribution in [0.25, 0.3) is 0 Å². The van der Waals surface area contributed by atoms with Crippen LogP contribution in [0.1, 0.15) is 11.1 Å². The van der Waals surface area contributed by atoms with Gasteiger partial charge in [0.15, 0.2) is 0 Å². The van der Waals surface area contributed by atoms with E-state index in [2.05, 4.69) is 46.6 Å². The normalized spacial score (nSPS) is 10.3. The Bertz CT molecular complexity index is 692. The van der Waals surface area contributed by atoms with Crippen molar-refractivity contribution in [2.24, 2.45) is 0 Å². The van der Waals surface area contributed by atoms with Gasteiger partial charge in [-0.25, -0.2) is 0 Å². The zero-order valence-electron chi connectivity index (χ0n) is 12.7. The molecule has 0 radical (unpaired) electrons. The number of anilines is 4. The van der Waals surface area contributed by atoms with Crippen LogP contribution in [-0.2, 0) is 0 Å². The number of nitrogens with one attached hydrogen (secondary N) is 2. The van der Waals surface area contributed by atoms with Crippen molar-refractivity contribution in [1.29, 1.82) is 0 Å². The SMILES string of the molecule is Cc1cc(C)c(Nc2ccncc2)cc1Nc1ccncc1. The third-order valence-corrected chi connectivity index (χ3v) is 3.49. The highest BCUT2D eigenvalue weighted by Gasteiger charge is 2.05. The Morgan fingerprint density at radius 2 is 1.05 bits per heavy atom. The molecular weight excluding hydrogens is 272 g/mol. The number of benzene rings is 1. The van der Waals surface area contributed by atoms with E-state index in [0.29, 0.717) is 0 Å². The molecule has 0 spiro atoms. The molecule has 0 saturated heterocycles. The van der Waals surface area contributed by atoms with Crippen LogP contribution < -0.4 is 10.6 Å². The van der Waals surface area contributed by atoms with E-state index < -0.39 is 0 Å². The first-order chi connectivity index (χ1) is 10.7. The van der Waals surface area contributed by atoms with Crippen LogP contribution in [0.2, 0.25) is 0 Å². The standard InChI is InChI=1S/C18H18N4/c1-13-11-14(2)18(22-16-5-9-20-10-6-16)12-17(13)21-15-3-7-19-8-4-15/h3-12H,1-2H3,(H,19,21)(H,20,22). The average molecular weight is 290 g/mol. The zero-order chi connectivity index (χ0) is 15.4. The van der Waals surface area contributed by atoms with E-state index in [-0.39, 0.29) is 0 Å². The molecule has 1 aromatic carbocycles. The lowest BCUT2D eigenvalue weighted by Gasteiger charge is -2.15. The molecule has 22 heavy (non-hydrogen) atoms. The van der Waals surface area contributed by atoms with Crippen LogP contribution >= 0.6 is 0 Å². The Labute approximate surface area is 130 Å². The topological polar surface area (TPSA) is 49.8 Å². The molecule has 0 fully saturated rings. The van der Waals surface area contributed by atoms with Gasteiger partial charge in [-0.1, -0.05) is 6.07 Å². The molecule has 0 unspecified atom stereocenters. The van der Waals surface area contributed by atoms with Gasteiger partial charge in [0.25, 0.3) is 0 Å². The summed E-state index contributed by atoms with van der Waals surface area (Å²) in [4.78, 5) is 8.08. The molecule has 4 heteroatoms. The predicted octanol–water partition coefficient (Wildman–Crippen LogP) is 4.58. The van der Waals surface area contributed by atoms with Crippen LogP contribution in [0.15, 0.2) is 61.2 Å². The van der Waals surface area contributed by atoms with E-state index >= 15 is 0 Å². The second-order valence-corrected chi connectivity index (χ2v) is 5.20. The summed E-state index contributed by atoms with van der Waals surface area (Å²) in [6, 6.07) is 12.1. The highest BCUT2D eigenvalue weighted by atomic mass is 14.9. The first-order valence-corrected chi connectivity index (χ1v) is 7.18. The molecular formula is C18H18N4. The van der Waals surface area contributed by atoms with Crippen LogP contribution in [0.5, 0.6) is 0 Å². The summed E-state index contributed by atoms with van der Waals surface area (Å²) < 4.78 is 0. The van der Waals surface area contributed by atoms with Crippen LogP contribution in [0.4, 0.5) is 22.7 Å². The Morgan fingerprint density at radius 3 is 1.45 bits per heavy atom. The van der Waals surface area contributed by atoms with Crippen molar-refractivity contribution < 1.29 is 0 Å². The van der Waals surface area contributed by atoms with Crippen LogP contribution in [0.3, 0.4) is 0 Å². The number of rotatable bonds is 4. The fourth-order valence-corrected chi connectivity index (χ4v) is 2.30. The summed E-state index contributed by atoms with van der Waals surface area (Å²) in [7, 11) is 0. The summed E-state index contributed by atoms with van der Waals surface area (Å²) >= 11 is 0. The third kappa shape index (κ3) is 3.23. The van der Waals surface area contributed by atoms with Crippen molar-refractivity contribution in [3.63, 3.8) is 0 Å². The average Bonchev–Trinajstić information content (AvgIpc) is 2.54. The molecule has 2 N–H and O–H groups in total. The highest BCUT2D eigenvalue weighted by Crippen LogP contribution is 2.29. The zero-order valence-corrected chi connectivity index (χ0v) is 12.7. The first kappa shape index (κ1) is 14.1. The molecule has 0 saturated carbocycles. The van der Waals surface area contributed by atoms with E-state index in [1.54, 1.807) is 24.8 Å². The molecule has 2 aromatic heterocycles. The molecule has 110 valence electrons. The minimum absolute atomic E-state index is 1.02. The number of pyridine rings is 2. The van der Waals surface area contributed by atoms with Crippen LogP contribution in [-0.4, -0.2) is 9.97 Å². The number of aromatic nitrogens is 2. The molecule has 3 rings (SSSR count). The minimum atomic E-state index is 1.02. The molecule has 2 heterocycles. The lowest BCUT2D eigenvalue weighted by atomic mass is 10.1. The van der Waals surface area contributed by atoms with E-state index in [4.69, 9.17) is 0 Å². The van der Waals surface area contributed by atoms with Gasteiger partial charge in [-0.2, -0.15) is 0 Å². The van der Waals surface area contributed by atoms with E-state index in [0.717, 1.165) is 22.7 Å². The van der Waals surface area contributed by atoms with Gasteiger partial charge in [0.1, 0.15) is 0 Å². The van der Waals surface area contributed by atoms with Gasteiger partial charge in [-0.05, 0) is 55.3 Å². The molecule has 3 aromatic rings.